The van der Waals surface area contributed by atoms with Crippen LogP contribution in [0.5, 0.6) is 5.75 Å². The predicted octanol–water partition coefficient (Wildman–Crippen LogP) is 3.38. The zero-order valence-corrected chi connectivity index (χ0v) is 11.6. The lowest BCUT2D eigenvalue weighted by Crippen LogP contribution is -2.15. The van der Waals surface area contributed by atoms with Gasteiger partial charge in [0.05, 0.1) is 6.61 Å². The number of ether oxygens (including phenoxy) is 2. The van der Waals surface area contributed by atoms with E-state index in [1.165, 1.54) is 24.8 Å². The van der Waals surface area contributed by atoms with E-state index in [0.717, 1.165) is 16.7 Å². The summed E-state index contributed by atoms with van der Waals surface area (Å²) in [5.74, 6) is 1.06. The molecule has 0 unspecified atom stereocenters. The van der Waals surface area contributed by atoms with Gasteiger partial charge in [-0.05, 0) is 43.4 Å². The molecule has 1 aromatic heterocycles. The fraction of sp³-hybridized carbons (Fsp3) is 0.438. The average Bonchev–Trinajstić information content (AvgIpc) is 2.79. The second-order valence-electron chi connectivity index (χ2n) is 5.14. The topological polar surface area (TPSA) is 51.3 Å². The molecule has 106 valence electrons. The summed E-state index contributed by atoms with van der Waals surface area (Å²) in [4.78, 5) is 14.7. The first-order valence-electron chi connectivity index (χ1n) is 7.18. The van der Waals surface area contributed by atoms with Crippen LogP contribution in [0.15, 0.2) is 24.4 Å². The summed E-state index contributed by atoms with van der Waals surface area (Å²) >= 11 is 0. The van der Waals surface area contributed by atoms with Gasteiger partial charge in [-0.1, -0.05) is 12.5 Å². The summed E-state index contributed by atoms with van der Waals surface area (Å²) in [7, 11) is 0. The Kier molecular flexibility index (Phi) is 3.63. The molecule has 4 nitrogen and oxygen atoms in total. The van der Waals surface area contributed by atoms with Crippen molar-refractivity contribution in [1.29, 1.82) is 0 Å². The van der Waals surface area contributed by atoms with Crippen LogP contribution in [0.3, 0.4) is 0 Å². The molecule has 0 atom stereocenters. The molecule has 1 heterocycles. The monoisotopic (exact) mass is 273 g/mol. The van der Waals surface area contributed by atoms with Crippen LogP contribution in [0.1, 0.15) is 37.7 Å². The number of esters is 1. The van der Waals surface area contributed by atoms with Crippen LogP contribution in [-0.4, -0.2) is 24.2 Å². The number of carbonyl (C=O) groups is 1. The van der Waals surface area contributed by atoms with Crippen LogP contribution < -0.4 is 4.74 Å². The number of carbonyl (C=O) groups excluding carboxylic acids is 1. The maximum atomic E-state index is 11.4. The van der Waals surface area contributed by atoms with Gasteiger partial charge in [0, 0.05) is 17.1 Å². The average molecular weight is 273 g/mol. The lowest BCUT2D eigenvalue weighted by Gasteiger charge is -2.25. The third-order valence-electron chi connectivity index (χ3n) is 3.89. The van der Waals surface area contributed by atoms with Crippen molar-refractivity contribution < 1.29 is 14.3 Å². The molecule has 0 aliphatic heterocycles. The van der Waals surface area contributed by atoms with E-state index in [-0.39, 0.29) is 12.6 Å². The standard InChI is InChI=1S/C16H19NO3/c1-2-19-15(18)10-20-14-8-4-7-13-16(14)12(9-17-13)11-5-3-6-11/h4,7-9,11,17H,2-3,5-6,10H2,1H3. The van der Waals surface area contributed by atoms with Crippen molar-refractivity contribution in [3.05, 3.63) is 30.0 Å². The highest BCUT2D eigenvalue weighted by Gasteiger charge is 2.24. The van der Waals surface area contributed by atoms with E-state index in [1.54, 1.807) is 6.92 Å². The number of fused-ring (bicyclic) bond motifs is 1. The van der Waals surface area contributed by atoms with E-state index in [1.807, 2.05) is 18.2 Å². The zero-order valence-electron chi connectivity index (χ0n) is 11.6. The van der Waals surface area contributed by atoms with Crippen molar-refractivity contribution in [1.82, 2.24) is 4.98 Å². The third kappa shape index (κ3) is 2.38. The van der Waals surface area contributed by atoms with Crippen LogP contribution >= 0.6 is 0 Å². The maximum Gasteiger partial charge on any atom is 0.344 e. The Morgan fingerprint density at radius 1 is 1.40 bits per heavy atom. The molecule has 3 rings (SSSR count). The zero-order chi connectivity index (χ0) is 13.9. The van der Waals surface area contributed by atoms with Crippen molar-refractivity contribution >= 4 is 16.9 Å². The predicted molar refractivity (Wildman–Crippen MR) is 77.0 cm³/mol. The van der Waals surface area contributed by atoms with Gasteiger partial charge in [0.1, 0.15) is 5.75 Å². The molecular formula is C16H19NO3. The van der Waals surface area contributed by atoms with Crippen molar-refractivity contribution in [3.8, 4) is 5.75 Å². The minimum Gasteiger partial charge on any atom is -0.481 e. The molecule has 2 aromatic rings. The van der Waals surface area contributed by atoms with Crippen LogP contribution in [0.4, 0.5) is 0 Å². The number of rotatable bonds is 5. The minimum atomic E-state index is -0.328. The number of benzene rings is 1. The Labute approximate surface area is 118 Å². The number of aromatic nitrogens is 1. The molecule has 1 aromatic carbocycles. The molecule has 20 heavy (non-hydrogen) atoms. The Bertz CT molecular complexity index is 613. The molecule has 0 radical (unpaired) electrons. The minimum absolute atomic E-state index is 0.0394. The van der Waals surface area contributed by atoms with Gasteiger partial charge in [0.25, 0.3) is 0 Å². The second-order valence-corrected chi connectivity index (χ2v) is 5.14. The molecule has 1 N–H and O–H groups in total. The fourth-order valence-electron chi connectivity index (χ4n) is 2.68. The van der Waals surface area contributed by atoms with Gasteiger partial charge < -0.3 is 14.5 Å². The van der Waals surface area contributed by atoms with Crippen LogP contribution in [0.2, 0.25) is 0 Å². The van der Waals surface area contributed by atoms with Crippen molar-refractivity contribution in [2.75, 3.05) is 13.2 Å². The molecule has 0 amide bonds. The van der Waals surface area contributed by atoms with Crippen LogP contribution in [-0.2, 0) is 9.53 Å². The van der Waals surface area contributed by atoms with Gasteiger partial charge in [-0.3, -0.25) is 0 Å². The molecule has 0 bridgehead atoms. The molecule has 4 heteroatoms. The molecule has 0 spiro atoms. The summed E-state index contributed by atoms with van der Waals surface area (Å²) in [6.07, 6.45) is 5.84. The fourth-order valence-corrected chi connectivity index (χ4v) is 2.68. The summed E-state index contributed by atoms with van der Waals surface area (Å²) in [5, 5.41) is 1.11. The van der Waals surface area contributed by atoms with Gasteiger partial charge in [-0.15, -0.1) is 0 Å². The second kappa shape index (κ2) is 5.57. The van der Waals surface area contributed by atoms with E-state index in [4.69, 9.17) is 9.47 Å². The van der Waals surface area contributed by atoms with Gasteiger partial charge in [0.15, 0.2) is 6.61 Å². The molecule has 1 fully saturated rings. The quantitative estimate of drug-likeness (QED) is 0.850. The Hall–Kier alpha value is -1.97. The smallest absolute Gasteiger partial charge is 0.344 e. The maximum absolute atomic E-state index is 11.4. The summed E-state index contributed by atoms with van der Waals surface area (Å²) < 4.78 is 10.6. The number of hydrogen-bond acceptors (Lipinski definition) is 3. The Balaban J connectivity index is 1.85. The highest BCUT2D eigenvalue weighted by Crippen LogP contribution is 2.42. The first-order chi connectivity index (χ1) is 9.79. The third-order valence-corrected chi connectivity index (χ3v) is 3.89. The van der Waals surface area contributed by atoms with Crippen molar-refractivity contribution in [2.24, 2.45) is 0 Å². The first-order valence-corrected chi connectivity index (χ1v) is 7.18. The SMILES string of the molecule is CCOC(=O)COc1cccc2[nH]cc(C3CCC3)c12. The number of aromatic amines is 1. The summed E-state index contributed by atoms with van der Waals surface area (Å²) in [5.41, 5.74) is 2.37. The van der Waals surface area contributed by atoms with Crippen LogP contribution in [0.25, 0.3) is 10.9 Å². The Morgan fingerprint density at radius 2 is 2.25 bits per heavy atom. The normalized spacial score (nSPS) is 15.1. The molecular weight excluding hydrogens is 254 g/mol. The largest absolute Gasteiger partial charge is 0.481 e. The number of H-pyrrole nitrogens is 1. The van der Waals surface area contributed by atoms with E-state index in [9.17, 15) is 4.79 Å². The highest BCUT2D eigenvalue weighted by molar-refractivity contribution is 5.90. The van der Waals surface area contributed by atoms with Gasteiger partial charge in [-0.25, -0.2) is 4.79 Å². The Morgan fingerprint density at radius 3 is 2.95 bits per heavy atom. The molecule has 0 saturated heterocycles. The van der Waals surface area contributed by atoms with E-state index < -0.39 is 0 Å². The van der Waals surface area contributed by atoms with Gasteiger partial charge in [-0.2, -0.15) is 0 Å². The number of nitrogens with one attached hydrogen (secondary N) is 1. The van der Waals surface area contributed by atoms with Crippen LogP contribution in [0, 0.1) is 0 Å². The summed E-state index contributed by atoms with van der Waals surface area (Å²) in [6, 6.07) is 5.89. The highest BCUT2D eigenvalue weighted by atomic mass is 16.6. The first kappa shape index (κ1) is 13.0. The molecule has 1 saturated carbocycles. The molecule has 1 aliphatic rings. The van der Waals surface area contributed by atoms with Gasteiger partial charge >= 0.3 is 5.97 Å². The van der Waals surface area contributed by atoms with E-state index in [0.29, 0.717) is 12.5 Å². The van der Waals surface area contributed by atoms with E-state index >= 15 is 0 Å². The lowest BCUT2D eigenvalue weighted by molar-refractivity contribution is -0.145. The lowest BCUT2D eigenvalue weighted by atomic mass is 9.80. The summed E-state index contributed by atoms with van der Waals surface area (Å²) in [6.45, 7) is 2.13. The van der Waals surface area contributed by atoms with E-state index in [2.05, 4.69) is 11.2 Å². The molecule has 1 aliphatic carbocycles. The number of hydrogen-bond donors (Lipinski definition) is 1. The van der Waals surface area contributed by atoms with Gasteiger partial charge in [0.2, 0.25) is 0 Å². The van der Waals surface area contributed by atoms with Crippen molar-refractivity contribution in [3.63, 3.8) is 0 Å². The van der Waals surface area contributed by atoms with Crippen molar-refractivity contribution in [2.45, 2.75) is 32.1 Å².